The Bertz CT molecular complexity index is 928. The van der Waals surface area contributed by atoms with Crippen LogP contribution in [0.3, 0.4) is 0 Å². The van der Waals surface area contributed by atoms with Gasteiger partial charge in [0, 0.05) is 13.0 Å². The number of hydrogen-bond acceptors (Lipinski definition) is 4. The first-order valence-corrected chi connectivity index (χ1v) is 10.4. The van der Waals surface area contributed by atoms with Gasteiger partial charge in [-0.3, -0.25) is 9.59 Å². The molecule has 1 aliphatic carbocycles. The molecule has 7 nitrogen and oxygen atoms in total. The van der Waals surface area contributed by atoms with E-state index in [1.54, 1.807) is 0 Å². The number of likely N-dealkylation sites (N-methyl/N-ethyl adjacent to an activating group) is 1. The maximum Gasteiger partial charge on any atom is 0.407 e. The molecule has 0 unspecified atom stereocenters. The first-order valence-electron chi connectivity index (χ1n) is 10.4. The number of ether oxygens (including phenoxy) is 1. The van der Waals surface area contributed by atoms with E-state index in [9.17, 15) is 14.4 Å². The van der Waals surface area contributed by atoms with Crippen molar-refractivity contribution in [3.8, 4) is 11.1 Å². The average molecular weight is 424 g/mol. The SMILES string of the molecule is CC[C@H](C)[C@H](NC(=O)OCC1c2ccccc2-c2ccccc21)C(=O)N(C)CC(=O)O. The van der Waals surface area contributed by atoms with Crippen LogP contribution in [0.15, 0.2) is 48.5 Å². The van der Waals surface area contributed by atoms with Crippen molar-refractivity contribution in [3.05, 3.63) is 59.7 Å². The number of rotatable bonds is 8. The van der Waals surface area contributed by atoms with E-state index in [2.05, 4.69) is 17.4 Å². The second-order valence-electron chi connectivity index (χ2n) is 7.92. The summed E-state index contributed by atoms with van der Waals surface area (Å²) >= 11 is 0. The summed E-state index contributed by atoms with van der Waals surface area (Å²) in [5.74, 6) is -1.82. The Kier molecular flexibility index (Phi) is 6.95. The lowest BCUT2D eigenvalue weighted by Gasteiger charge is -2.27. The van der Waals surface area contributed by atoms with Crippen LogP contribution in [0.4, 0.5) is 4.79 Å². The molecule has 1 aliphatic rings. The van der Waals surface area contributed by atoms with Crippen molar-refractivity contribution in [1.82, 2.24) is 10.2 Å². The highest BCUT2D eigenvalue weighted by molar-refractivity contribution is 5.88. The van der Waals surface area contributed by atoms with Gasteiger partial charge < -0.3 is 20.1 Å². The van der Waals surface area contributed by atoms with E-state index in [1.165, 1.54) is 7.05 Å². The Balaban J connectivity index is 1.69. The zero-order valence-electron chi connectivity index (χ0n) is 18.0. The maximum absolute atomic E-state index is 12.7. The number of alkyl carbamates (subject to hydrolysis) is 1. The molecule has 2 aromatic carbocycles. The molecular weight excluding hydrogens is 396 g/mol. The monoisotopic (exact) mass is 424 g/mol. The van der Waals surface area contributed by atoms with Gasteiger partial charge in [0.05, 0.1) is 0 Å². The minimum Gasteiger partial charge on any atom is -0.480 e. The highest BCUT2D eigenvalue weighted by Gasteiger charge is 2.32. The van der Waals surface area contributed by atoms with Gasteiger partial charge in [0.2, 0.25) is 5.91 Å². The first kappa shape index (κ1) is 22.3. The molecule has 0 bridgehead atoms. The Hall–Kier alpha value is -3.35. The fourth-order valence-corrected chi connectivity index (χ4v) is 3.97. The molecule has 164 valence electrons. The number of carbonyl (C=O) groups is 3. The number of nitrogens with zero attached hydrogens (tertiary/aromatic N) is 1. The molecule has 0 fully saturated rings. The summed E-state index contributed by atoms with van der Waals surface area (Å²) in [6, 6.07) is 15.2. The van der Waals surface area contributed by atoms with Gasteiger partial charge in [-0.2, -0.15) is 0 Å². The normalized spacial score (nSPS) is 14.2. The standard InChI is InChI=1S/C24H28N2O5/c1-4-15(2)22(23(29)26(3)13-21(27)28)25-24(30)31-14-20-18-11-7-5-9-16(18)17-10-6-8-12-19(17)20/h5-12,15,20,22H,4,13-14H2,1-3H3,(H,25,30)(H,27,28)/t15-,22-/m0/s1. The van der Waals surface area contributed by atoms with Crippen LogP contribution in [-0.2, 0) is 14.3 Å². The van der Waals surface area contributed by atoms with Gasteiger partial charge in [0.25, 0.3) is 0 Å². The summed E-state index contributed by atoms with van der Waals surface area (Å²) in [7, 11) is 1.41. The summed E-state index contributed by atoms with van der Waals surface area (Å²) in [6.07, 6.45) is -0.0507. The summed E-state index contributed by atoms with van der Waals surface area (Å²) in [5, 5.41) is 11.6. The van der Waals surface area contributed by atoms with E-state index in [0.29, 0.717) is 6.42 Å². The van der Waals surface area contributed by atoms with Crippen molar-refractivity contribution >= 4 is 18.0 Å². The molecule has 0 spiro atoms. The topological polar surface area (TPSA) is 95.9 Å². The van der Waals surface area contributed by atoms with E-state index in [1.807, 2.05) is 50.2 Å². The average Bonchev–Trinajstić information content (AvgIpc) is 3.08. The Morgan fingerprint density at radius 1 is 1.06 bits per heavy atom. The van der Waals surface area contributed by atoms with Gasteiger partial charge in [0.15, 0.2) is 0 Å². The molecule has 2 atom stereocenters. The van der Waals surface area contributed by atoms with Gasteiger partial charge >= 0.3 is 12.1 Å². The predicted octanol–water partition coefficient (Wildman–Crippen LogP) is 3.48. The minimum absolute atomic E-state index is 0.0782. The molecule has 0 saturated heterocycles. The molecule has 2 amide bonds. The molecule has 2 N–H and O–H groups in total. The number of carboxylic acids is 1. The summed E-state index contributed by atoms with van der Waals surface area (Å²) < 4.78 is 5.54. The van der Waals surface area contributed by atoms with Gasteiger partial charge in [-0.1, -0.05) is 68.8 Å². The van der Waals surface area contributed by atoms with Crippen molar-refractivity contribution in [2.75, 3.05) is 20.2 Å². The van der Waals surface area contributed by atoms with Crippen LogP contribution in [0.2, 0.25) is 0 Å². The number of nitrogens with one attached hydrogen (secondary N) is 1. The van der Waals surface area contributed by atoms with E-state index >= 15 is 0 Å². The zero-order chi connectivity index (χ0) is 22.5. The number of benzene rings is 2. The lowest BCUT2D eigenvalue weighted by molar-refractivity contribution is -0.144. The lowest BCUT2D eigenvalue weighted by Crippen LogP contribution is -2.51. The van der Waals surface area contributed by atoms with Crippen LogP contribution in [0.5, 0.6) is 0 Å². The van der Waals surface area contributed by atoms with Crippen molar-refractivity contribution in [2.45, 2.75) is 32.2 Å². The molecule has 31 heavy (non-hydrogen) atoms. The lowest BCUT2D eigenvalue weighted by atomic mass is 9.98. The Morgan fingerprint density at radius 3 is 2.13 bits per heavy atom. The van der Waals surface area contributed by atoms with Crippen molar-refractivity contribution < 1.29 is 24.2 Å². The number of hydrogen-bond donors (Lipinski definition) is 2. The summed E-state index contributed by atoms with van der Waals surface area (Å²) in [6.45, 7) is 3.45. The van der Waals surface area contributed by atoms with Crippen molar-refractivity contribution in [3.63, 3.8) is 0 Å². The van der Waals surface area contributed by atoms with E-state index < -0.39 is 30.6 Å². The second kappa shape index (κ2) is 9.64. The highest BCUT2D eigenvalue weighted by Crippen LogP contribution is 2.44. The summed E-state index contributed by atoms with van der Waals surface area (Å²) in [4.78, 5) is 37.3. The highest BCUT2D eigenvalue weighted by atomic mass is 16.5. The third-order valence-electron chi connectivity index (χ3n) is 5.84. The molecule has 2 aromatic rings. The third kappa shape index (κ3) is 4.87. The molecule has 7 heteroatoms. The fraction of sp³-hybridized carbons (Fsp3) is 0.375. The van der Waals surface area contributed by atoms with Gasteiger partial charge in [-0.15, -0.1) is 0 Å². The van der Waals surface area contributed by atoms with E-state index in [-0.39, 0.29) is 18.4 Å². The number of aliphatic carboxylic acids is 1. The molecule has 0 aliphatic heterocycles. The third-order valence-corrected chi connectivity index (χ3v) is 5.84. The van der Waals surface area contributed by atoms with Crippen LogP contribution in [0, 0.1) is 5.92 Å². The first-order chi connectivity index (χ1) is 14.8. The van der Waals surface area contributed by atoms with Crippen molar-refractivity contribution in [1.29, 1.82) is 0 Å². The molecule has 3 rings (SSSR count). The van der Waals surface area contributed by atoms with Crippen LogP contribution < -0.4 is 5.32 Å². The molecule has 0 saturated carbocycles. The molecule has 0 heterocycles. The number of carbonyl (C=O) groups excluding carboxylic acids is 2. The number of carboxylic acid groups (broad SMARTS) is 1. The minimum atomic E-state index is -1.11. The Labute approximate surface area is 182 Å². The smallest absolute Gasteiger partial charge is 0.407 e. The maximum atomic E-state index is 12.7. The number of amides is 2. The molecule has 0 radical (unpaired) electrons. The second-order valence-corrected chi connectivity index (χ2v) is 7.92. The van der Waals surface area contributed by atoms with Gasteiger partial charge in [0.1, 0.15) is 19.2 Å². The molecule has 0 aromatic heterocycles. The van der Waals surface area contributed by atoms with Crippen molar-refractivity contribution in [2.24, 2.45) is 5.92 Å². The zero-order valence-corrected chi connectivity index (χ0v) is 18.0. The fourth-order valence-electron chi connectivity index (χ4n) is 3.97. The van der Waals surface area contributed by atoms with Crippen LogP contribution in [0.25, 0.3) is 11.1 Å². The van der Waals surface area contributed by atoms with Crippen LogP contribution in [-0.4, -0.2) is 54.2 Å². The quantitative estimate of drug-likeness (QED) is 0.676. The largest absolute Gasteiger partial charge is 0.480 e. The van der Waals surface area contributed by atoms with Crippen LogP contribution >= 0.6 is 0 Å². The van der Waals surface area contributed by atoms with Crippen LogP contribution in [0.1, 0.15) is 37.3 Å². The summed E-state index contributed by atoms with van der Waals surface area (Å²) in [5.41, 5.74) is 4.48. The van der Waals surface area contributed by atoms with E-state index in [0.717, 1.165) is 27.2 Å². The Morgan fingerprint density at radius 2 is 1.61 bits per heavy atom. The number of fused-ring (bicyclic) bond motifs is 3. The van der Waals surface area contributed by atoms with Gasteiger partial charge in [-0.05, 0) is 28.2 Å². The predicted molar refractivity (Wildman–Crippen MR) is 117 cm³/mol. The molecular formula is C24H28N2O5. The van der Waals surface area contributed by atoms with Gasteiger partial charge in [-0.25, -0.2) is 4.79 Å². The van der Waals surface area contributed by atoms with E-state index in [4.69, 9.17) is 9.84 Å².